The molecule has 5 rings (SSSR count). The van der Waals surface area contributed by atoms with Crippen molar-refractivity contribution in [2.45, 2.75) is 6.04 Å². The Morgan fingerprint density at radius 1 is 1.12 bits per heavy atom. The zero-order valence-electron chi connectivity index (χ0n) is 16.1. The molecule has 0 radical (unpaired) electrons. The predicted octanol–water partition coefficient (Wildman–Crippen LogP) is 4.23. The highest BCUT2D eigenvalue weighted by Gasteiger charge is 2.46. The van der Waals surface area contributed by atoms with Gasteiger partial charge in [-0.2, -0.15) is 0 Å². The van der Waals surface area contributed by atoms with Gasteiger partial charge in [0.05, 0.1) is 32.3 Å². The molecule has 1 aromatic carbocycles. The molecular formula is C22H13N3O5S2. The van der Waals surface area contributed by atoms with E-state index in [0.717, 1.165) is 11.3 Å². The van der Waals surface area contributed by atoms with Crippen molar-refractivity contribution in [1.29, 1.82) is 0 Å². The molecule has 4 aromatic rings. The van der Waals surface area contributed by atoms with Crippen LogP contribution in [0.4, 0.5) is 5.13 Å². The number of aromatic nitrogens is 2. The molecule has 1 unspecified atom stereocenters. The molecule has 1 aliphatic heterocycles. The predicted molar refractivity (Wildman–Crippen MR) is 119 cm³/mol. The lowest BCUT2D eigenvalue weighted by atomic mass is 9.97. The van der Waals surface area contributed by atoms with E-state index in [0.29, 0.717) is 20.7 Å². The number of anilines is 1. The number of pyridine rings is 1. The van der Waals surface area contributed by atoms with Crippen molar-refractivity contribution in [3.05, 3.63) is 87.6 Å². The standard InChI is InChI=1S/C22H13N3O5S2/c26-18(14-4-2-8-31-14)16-17(12-3-1-7-23-10-12)25(20(28)19(16)27)22-24-13-6-5-11(21(29)30)9-15(13)32-22/h1-10,17,27H,(H,29,30). The molecule has 1 aliphatic rings. The highest BCUT2D eigenvalue weighted by molar-refractivity contribution is 7.22. The summed E-state index contributed by atoms with van der Waals surface area (Å²) in [6, 6.07) is 10.3. The minimum absolute atomic E-state index is 0.0454. The number of nitrogens with zero attached hydrogens (tertiary/aromatic N) is 3. The summed E-state index contributed by atoms with van der Waals surface area (Å²) in [5, 5.41) is 22.0. The van der Waals surface area contributed by atoms with E-state index in [4.69, 9.17) is 0 Å². The van der Waals surface area contributed by atoms with Crippen LogP contribution in [0.3, 0.4) is 0 Å². The number of thiophene rings is 1. The van der Waals surface area contributed by atoms with Gasteiger partial charge in [-0.3, -0.25) is 19.5 Å². The third kappa shape index (κ3) is 3.17. The SMILES string of the molecule is O=C(O)c1ccc2nc(N3C(=O)C(O)=C(C(=O)c4cccs4)C3c3cccnc3)sc2c1. The molecule has 0 aliphatic carbocycles. The monoisotopic (exact) mass is 463 g/mol. The number of benzene rings is 1. The van der Waals surface area contributed by atoms with Crippen LogP contribution in [-0.4, -0.2) is 37.8 Å². The van der Waals surface area contributed by atoms with Crippen LogP contribution in [0.15, 0.2) is 71.6 Å². The van der Waals surface area contributed by atoms with Crippen molar-refractivity contribution in [3.63, 3.8) is 0 Å². The summed E-state index contributed by atoms with van der Waals surface area (Å²) < 4.78 is 0.565. The Balaban J connectivity index is 1.66. The van der Waals surface area contributed by atoms with Crippen molar-refractivity contribution in [3.8, 4) is 0 Å². The van der Waals surface area contributed by atoms with Crippen molar-refractivity contribution in [2.24, 2.45) is 0 Å². The highest BCUT2D eigenvalue weighted by atomic mass is 32.1. The second-order valence-corrected chi connectivity index (χ2v) is 8.87. The number of carbonyl (C=O) groups is 3. The van der Waals surface area contributed by atoms with Crippen LogP contribution in [0.1, 0.15) is 31.6 Å². The van der Waals surface area contributed by atoms with Gasteiger partial charge in [0.2, 0.25) is 5.78 Å². The summed E-state index contributed by atoms with van der Waals surface area (Å²) in [5.74, 6) is -2.91. The molecule has 32 heavy (non-hydrogen) atoms. The number of carboxylic acid groups (broad SMARTS) is 1. The molecule has 10 heteroatoms. The number of amides is 1. The molecule has 4 heterocycles. The number of carboxylic acids is 1. The summed E-state index contributed by atoms with van der Waals surface area (Å²) in [7, 11) is 0. The number of hydrogen-bond donors (Lipinski definition) is 2. The number of aliphatic hydroxyl groups is 1. The Bertz CT molecular complexity index is 1410. The minimum atomic E-state index is -1.07. The topological polar surface area (TPSA) is 121 Å². The van der Waals surface area contributed by atoms with Gasteiger partial charge in [-0.15, -0.1) is 11.3 Å². The zero-order valence-corrected chi connectivity index (χ0v) is 17.8. The molecule has 0 saturated carbocycles. The van der Waals surface area contributed by atoms with Gasteiger partial charge in [-0.05, 0) is 41.3 Å². The molecule has 3 aromatic heterocycles. The van der Waals surface area contributed by atoms with Crippen molar-refractivity contribution in [1.82, 2.24) is 9.97 Å². The van der Waals surface area contributed by atoms with Crippen LogP contribution in [0.2, 0.25) is 0 Å². The second-order valence-electron chi connectivity index (χ2n) is 6.92. The van der Waals surface area contributed by atoms with Gasteiger partial charge in [-0.1, -0.05) is 23.5 Å². The lowest BCUT2D eigenvalue weighted by Gasteiger charge is -2.23. The first-order valence-electron chi connectivity index (χ1n) is 9.34. The molecule has 1 amide bonds. The fraction of sp³-hybridized carbons (Fsp3) is 0.0455. The highest BCUT2D eigenvalue weighted by Crippen LogP contribution is 2.44. The fourth-order valence-electron chi connectivity index (χ4n) is 3.58. The average Bonchev–Trinajstić information content (AvgIpc) is 3.52. The van der Waals surface area contributed by atoms with Gasteiger partial charge < -0.3 is 10.2 Å². The molecule has 0 fully saturated rings. The average molecular weight is 463 g/mol. The summed E-state index contributed by atoms with van der Waals surface area (Å²) in [6.07, 6.45) is 3.10. The number of thiazole rings is 1. The number of rotatable bonds is 5. The quantitative estimate of drug-likeness (QED) is 0.425. The maximum absolute atomic E-state index is 13.2. The van der Waals surface area contributed by atoms with E-state index in [1.165, 1.54) is 34.6 Å². The Morgan fingerprint density at radius 2 is 1.97 bits per heavy atom. The summed E-state index contributed by atoms with van der Waals surface area (Å²) >= 11 is 2.32. The third-order valence-corrected chi connectivity index (χ3v) is 6.91. The van der Waals surface area contributed by atoms with Crippen LogP contribution < -0.4 is 4.90 Å². The number of hydrogen-bond acceptors (Lipinski definition) is 8. The number of Topliss-reactive ketones (excluding diaryl/α,β-unsaturated/α-hetero) is 1. The lowest BCUT2D eigenvalue weighted by molar-refractivity contribution is -0.117. The Kier molecular flexibility index (Phi) is 4.80. The first kappa shape index (κ1) is 20.0. The van der Waals surface area contributed by atoms with E-state index < -0.39 is 29.5 Å². The molecule has 1 atom stereocenters. The largest absolute Gasteiger partial charge is 0.503 e. The molecule has 2 N–H and O–H groups in total. The van der Waals surface area contributed by atoms with Gasteiger partial charge >= 0.3 is 5.97 Å². The zero-order chi connectivity index (χ0) is 22.4. The number of aromatic carboxylic acids is 1. The maximum Gasteiger partial charge on any atom is 0.335 e. The summed E-state index contributed by atoms with van der Waals surface area (Å²) in [6.45, 7) is 0. The molecular weight excluding hydrogens is 450 g/mol. The molecule has 0 spiro atoms. The first-order valence-corrected chi connectivity index (χ1v) is 11.0. The van der Waals surface area contributed by atoms with Crippen LogP contribution >= 0.6 is 22.7 Å². The van der Waals surface area contributed by atoms with Crippen LogP contribution in [0.5, 0.6) is 0 Å². The van der Waals surface area contributed by atoms with E-state index in [2.05, 4.69) is 9.97 Å². The normalized spacial score (nSPS) is 16.2. The summed E-state index contributed by atoms with van der Waals surface area (Å²) in [5.41, 5.74) is 1.09. The van der Waals surface area contributed by atoms with Crippen LogP contribution in [-0.2, 0) is 4.79 Å². The maximum atomic E-state index is 13.2. The van der Waals surface area contributed by atoms with Crippen molar-refractivity contribution >= 4 is 55.7 Å². The van der Waals surface area contributed by atoms with E-state index in [9.17, 15) is 24.6 Å². The van der Waals surface area contributed by atoms with Crippen LogP contribution in [0.25, 0.3) is 10.2 Å². The Hall–Kier alpha value is -3.89. The first-order chi connectivity index (χ1) is 15.5. The fourth-order valence-corrected chi connectivity index (χ4v) is 5.29. The molecule has 8 nitrogen and oxygen atoms in total. The van der Waals surface area contributed by atoms with Crippen LogP contribution in [0, 0.1) is 0 Å². The second kappa shape index (κ2) is 7.66. The van der Waals surface area contributed by atoms with Gasteiger partial charge in [0.15, 0.2) is 10.9 Å². The van der Waals surface area contributed by atoms with Gasteiger partial charge in [0.1, 0.15) is 0 Å². The van der Waals surface area contributed by atoms with E-state index >= 15 is 0 Å². The van der Waals surface area contributed by atoms with E-state index in [1.54, 1.807) is 41.9 Å². The Labute approximate surface area is 188 Å². The van der Waals surface area contributed by atoms with Crippen molar-refractivity contribution in [2.75, 3.05) is 4.90 Å². The van der Waals surface area contributed by atoms with Crippen molar-refractivity contribution < 1.29 is 24.6 Å². The molecule has 0 saturated heterocycles. The number of ketones is 1. The van der Waals surface area contributed by atoms with Gasteiger partial charge in [-0.25, -0.2) is 9.78 Å². The van der Waals surface area contributed by atoms with E-state index in [1.807, 2.05) is 0 Å². The number of aliphatic hydroxyl groups excluding tert-OH is 1. The molecule has 158 valence electrons. The molecule has 0 bridgehead atoms. The van der Waals surface area contributed by atoms with E-state index in [-0.39, 0.29) is 16.3 Å². The summed E-state index contributed by atoms with van der Waals surface area (Å²) in [4.78, 5) is 47.9. The number of carbonyl (C=O) groups excluding carboxylic acids is 2. The third-order valence-electron chi connectivity index (χ3n) is 5.03. The smallest absolute Gasteiger partial charge is 0.335 e. The number of fused-ring (bicyclic) bond motifs is 1. The van der Waals surface area contributed by atoms with Gasteiger partial charge in [0.25, 0.3) is 5.91 Å². The van der Waals surface area contributed by atoms with Gasteiger partial charge in [0, 0.05) is 12.4 Å². The minimum Gasteiger partial charge on any atom is -0.503 e. The Morgan fingerprint density at radius 3 is 2.66 bits per heavy atom. The lowest BCUT2D eigenvalue weighted by Crippen LogP contribution is -2.31.